The van der Waals surface area contributed by atoms with E-state index < -0.39 is 11.7 Å². The van der Waals surface area contributed by atoms with Gasteiger partial charge in [-0.25, -0.2) is 0 Å². The summed E-state index contributed by atoms with van der Waals surface area (Å²) >= 11 is 4.64. The van der Waals surface area contributed by atoms with E-state index in [1.54, 1.807) is 0 Å². The second kappa shape index (κ2) is 7.26. The van der Waals surface area contributed by atoms with Crippen molar-refractivity contribution in [2.24, 2.45) is 5.73 Å². The lowest BCUT2D eigenvalue weighted by atomic mass is 10.1. The quantitative estimate of drug-likeness (QED) is 0.704. The number of hydrogen-bond donors (Lipinski definition) is 3. The van der Waals surface area contributed by atoms with Crippen LogP contribution in [0.25, 0.3) is 0 Å². The highest BCUT2D eigenvalue weighted by atomic mass is 32.1. The van der Waals surface area contributed by atoms with Gasteiger partial charge in [0.15, 0.2) is 0 Å². The van der Waals surface area contributed by atoms with E-state index in [0.717, 1.165) is 12.5 Å². The Balaban J connectivity index is 2.85. The van der Waals surface area contributed by atoms with Gasteiger partial charge in [0, 0.05) is 17.8 Å². The van der Waals surface area contributed by atoms with Crippen molar-refractivity contribution >= 4 is 28.8 Å². The molecule has 0 heterocycles. The zero-order valence-corrected chi connectivity index (χ0v) is 12.2. The van der Waals surface area contributed by atoms with Crippen LogP contribution in [-0.4, -0.2) is 24.0 Å². The number of rotatable bonds is 6. The molecule has 0 aliphatic heterocycles. The third-order valence-corrected chi connectivity index (χ3v) is 2.84. The van der Waals surface area contributed by atoms with Gasteiger partial charge in [-0.05, 0) is 24.6 Å². The Bertz CT molecular complexity index is 532. The maximum Gasteiger partial charge on any atom is 0.417 e. The Morgan fingerprint density at radius 3 is 2.57 bits per heavy atom. The number of nitrogens with two attached hydrogens (primary N) is 1. The normalized spacial score (nSPS) is 11.0. The van der Waals surface area contributed by atoms with Crippen molar-refractivity contribution in [2.75, 3.05) is 18.4 Å². The molecule has 21 heavy (non-hydrogen) atoms. The van der Waals surface area contributed by atoms with Crippen molar-refractivity contribution in [3.05, 3.63) is 29.3 Å². The minimum absolute atomic E-state index is 0.0395. The predicted octanol–water partition coefficient (Wildman–Crippen LogP) is 2.28. The number of halogens is 3. The molecule has 0 radical (unpaired) electrons. The van der Waals surface area contributed by atoms with E-state index in [1.165, 1.54) is 12.1 Å². The molecule has 1 aromatic rings. The molecule has 4 N–H and O–H groups in total. The number of carbonyl (C=O) groups is 1. The molecule has 0 aliphatic rings. The summed E-state index contributed by atoms with van der Waals surface area (Å²) in [5, 5.41) is 5.38. The average molecular weight is 319 g/mol. The first kappa shape index (κ1) is 17.2. The van der Waals surface area contributed by atoms with Gasteiger partial charge in [-0.1, -0.05) is 19.1 Å². The summed E-state index contributed by atoms with van der Waals surface area (Å²) in [5.41, 5.74) is 4.51. The molecule has 4 nitrogen and oxygen atoms in total. The largest absolute Gasteiger partial charge is 0.417 e. The zero-order valence-electron chi connectivity index (χ0n) is 11.4. The summed E-state index contributed by atoms with van der Waals surface area (Å²) in [4.78, 5) is 11.1. The van der Waals surface area contributed by atoms with Crippen LogP contribution in [0.1, 0.15) is 24.5 Å². The smallest absolute Gasteiger partial charge is 0.389 e. The summed E-state index contributed by atoms with van der Waals surface area (Å²) in [6, 6.07) is 3.32. The Labute approximate surface area is 125 Å². The Hall–Kier alpha value is -1.83. The summed E-state index contributed by atoms with van der Waals surface area (Å²) in [5.74, 6) is -0.242. The van der Waals surface area contributed by atoms with Gasteiger partial charge in [-0.3, -0.25) is 4.79 Å². The van der Waals surface area contributed by atoms with Crippen LogP contribution in [0.5, 0.6) is 0 Å². The minimum Gasteiger partial charge on any atom is -0.389 e. The van der Waals surface area contributed by atoms with E-state index in [2.05, 4.69) is 22.9 Å². The number of carbonyl (C=O) groups excluding carboxylic acids is 1. The van der Waals surface area contributed by atoms with E-state index in [4.69, 9.17) is 5.73 Å². The number of thiocarbonyl (C=S) groups is 1. The first-order valence-corrected chi connectivity index (χ1v) is 6.68. The predicted molar refractivity (Wildman–Crippen MR) is 79.1 cm³/mol. The third-order valence-electron chi connectivity index (χ3n) is 2.62. The summed E-state index contributed by atoms with van der Waals surface area (Å²) in [7, 11) is 0. The summed E-state index contributed by atoms with van der Waals surface area (Å²) < 4.78 is 38.4. The number of benzene rings is 1. The van der Waals surface area contributed by atoms with Gasteiger partial charge in [-0.15, -0.1) is 0 Å². The fraction of sp³-hybridized carbons (Fsp3) is 0.385. The molecule has 0 saturated carbocycles. The van der Waals surface area contributed by atoms with Gasteiger partial charge in [-0.2, -0.15) is 13.2 Å². The van der Waals surface area contributed by atoms with E-state index in [9.17, 15) is 18.0 Å². The third kappa shape index (κ3) is 5.22. The van der Waals surface area contributed by atoms with Gasteiger partial charge in [0.1, 0.15) is 4.99 Å². The first-order chi connectivity index (χ1) is 9.75. The number of anilines is 1. The van der Waals surface area contributed by atoms with E-state index in [1.807, 2.05) is 6.92 Å². The maximum atomic E-state index is 12.8. The van der Waals surface area contributed by atoms with Gasteiger partial charge < -0.3 is 16.4 Å². The van der Waals surface area contributed by atoms with Crippen LogP contribution in [0.2, 0.25) is 0 Å². The lowest BCUT2D eigenvalue weighted by Crippen LogP contribution is -2.30. The summed E-state index contributed by atoms with van der Waals surface area (Å²) in [6.45, 7) is 2.42. The van der Waals surface area contributed by atoms with Crippen molar-refractivity contribution in [1.29, 1.82) is 0 Å². The number of hydrogen-bond acceptors (Lipinski definition) is 3. The molecule has 0 aromatic heterocycles. The van der Waals surface area contributed by atoms with Crippen LogP contribution in [-0.2, 0) is 11.0 Å². The van der Waals surface area contributed by atoms with Crippen LogP contribution in [0.4, 0.5) is 18.9 Å². The minimum atomic E-state index is -4.53. The monoisotopic (exact) mass is 319 g/mol. The van der Waals surface area contributed by atoms with Crippen molar-refractivity contribution in [1.82, 2.24) is 5.32 Å². The molecule has 0 saturated heterocycles. The highest BCUT2D eigenvalue weighted by molar-refractivity contribution is 7.80. The molecule has 116 valence electrons. The molecule has 0 fully saturated rings. The van der Waals surface area contributed by atoms with Crippen LogP contribution in [0.3, 0.4) is 0 Å². The second-order valence-electron chi connectivity index (χ2n) is 4.33. The van der Waals surface area contributed by atoms with Crippen LogP contribution in [0, 0.1) is 0 Å². The van der Waals surface area contributed by atoms with Gasteiger partial charge >= 0.3 is 6.18 Å². The SMILES string of the molecule is CCCNC(=O)CNc1ccc(C(F)(F)F)c(C(N)=S)c1. The maximum absolute atomic E-state index is 12.8. The molecule has 0 unspecified atom stereocenters. The topological polar surface area (TPSA) is 67.2 Å². The average Bonchev–Trinajstić information content (AvgIpc) is 2.41. The van der Waals surface area contributed by atoms with Crippen LogP contribution >= 0.6 is 12.2 Å². The van der Waals surface area contributed by atoms with Crippen molar-refractivity contribution in [3.63, 3.8) is 0 Å². The number of nitrogens with one attached hydrogen (secondary N) is 2. The standard InChI is InChI=1S/C13H16F3N3OS/c1-2-5-18-11(20)7-19-8-3-4-10(13(14,15)16)9(6-8)12(17)21/h3-4,6,19H,2,5,7H2,1H3,(H2,17,21)(H,18,20). The zero-order chi connectivity index (χ0) is 16.0. The molecule has 0 atom stereocenters. The Morgan fingerprint density at radius 1 is 1.38 bits per heavy atom. The molecule has 1 amide bonds. The van der Waals surface area contributed by atoms with Crippen molar-refractivity contribution < 1.29 is 18.0 Å². The van der Waals surface area contributed by atoms with E-state index in [-0.39, 0.29) is 23.0 Å². The molecule has 1 aromatic carbocycles. The molecular weight excluding hydrogens is 303 g/mol. The second-order valence-corrected chi connectivity index (χ2v) is 4.77. The number of alkyl halides is 3. The molecule has 8 heteroatoms. The fourth-order valence-corrected chi connectivity index (χ4v) is 1.78. The molecule has 0 aliphatic carbocycles. The van der Waals surface area contributed by atoms with Gasteiger partial charge in [0.05, 0.1) is 12.1 Å². The lowest BCUT2D eigenvalue weighted by Gasteiger charge is -2.14. The molecular formula is C13H16F3N3OS. The van der Waals surface area contributed by atoms with E-state index >= 15 is 0 Å². The molecule has 1 rings (SSSR count). The highest BCUT2D eigenvalue weighted by Gasteiger charge is 2.34. The van der Waals surface area contributed by atoms with Crippen LogP contribution in [0.15, 0.2) is 18.2 Å². The summed E-state index contributed by atoms with van der Waals surface area (Å²) in [6.07, 6.45) is -3.73. The van der Waals surface area contributed by atoms with Crippen molar-refractivity contribution in [3.8, 4) is 0 Å². The fourth-order valence-electron chi connectivity index (χ4n) is 1.61. The van der Waals surface area contributed by atoms with Gasteiger partial charge in [0.2, 0.25) is 5.91 Å². The molecule has 0 spiro atoms. The first-order valence-electron chi connectivity index (χ1n) is 6.27. The number of amides is 1. The van der Waals surface area contributed by atoms with Crippen molar-refractivity contribution in [2.45, 2.75) is 19.5 Å². The Kier molecular flexibility index (Phi) is 5.95. The molecule has 0 bridgehead atoms. The van der Waals surface area contributed by atoms with Gasteiger partial charge in [0.25, 0.3) is 0 Å². The highest BCUT2D eigenvalue weighted by Crippen LogP contribution is 2.33. The lowest BCUT2D eigenvalue weighted by molar-refractivity contribution is -0.137. The van der Waals surface area contributed by atoms with E-state index in [0.29, 0.717) is 12.2 Å². The Morgan fingerprint density at radius 2 is 2.05 bits per heavy atom. The van der Waals surface area contributed by atoms with Crippen LogP contribution < -0.4 is 16.4 Å².